The highest BCUT2D eigenvalue weighted by atomic mass is 19.3. The minimum atomic E-state index is -3.07. The summed E-state index contributed by atoms with van der Waals surface area (Å²) >= 11 is 0. The third-order valence-electron chi connectivity index (χ3n) is 2.84. The highest BCUT2D eigenvalue weighted by Crippen LogP contribution is 2.33. The summed E-state index contributed by atoms with van der Waals surface area (Å²) in [6.45, 7) is -1.36. The van der Waals surface area contributed by atoms with Crippen molar-refractivity contribution in [2.24, 2.45) is 5.73 Å². The van der Waals surface area contributed by atoms with Gasteiger partial charge in [0.15, 0.2) is 0 Å². The maximum atomic E-state index is 12.9. The molecule has 1 aromatic carbocycles. The first kappa shape index (κ1) is 12.8. The molecule has 0 saturated heterocycles. The minimum absolute atomic E-state index is 0.180. The van der Waals surface area contributed by atoms with Gasteiger partial charge in [0.05, 0.1) is 13.1 Å². The number of amides is 1. The van der Waals surface area contributed by atoms with E-state index in [0.717, 1.165) is 5.56 Å². The minimum Gasteiger partial charge on any atom is -0.492 e. The Kier molecular flexibility index (Phi) is 3.47. The number of ether oxygens (including phenoxy) is 1. The summed E-state index contributed by atoms with van der Waals surface area (Å²) in [5.74, 6) is -3.44. The Balaban J connectivity index is 2.00. The van der Waals surface area contributed by atoms with E-state index in [9.17, 15) is 13.6 Å². The molecule has 18 heavy (non-hydrogen) atoms. The molecule has 1 aromatic rings. The van der Waals surface area contributed by atoms with Gasteiger partial charge in [-0.15, -0.1) is 0 Å². The van der Waals surface area contributed by atoms with E-state index in [0.29, 0.717) is 5.75 Å². The maximum Gasteiger partial charge on any atom is 0.277 e. The van der Waals surface area contributed by atoms with Crippen molar-refractivity contribution < 1.29 is 18.3 Å². The zero-order chi connectivity index (χ0) is 13.2. The van der Waals surface area contributed by atoms with Crippen LogP contribution >= 0.6 is 0 Å². The topological polar surface area (TPSA) is 64.3 Å². The summed E-state index contributed by atoms with van der Waals surface area (Å²) in [4.78, 5) is 11.8. The van der Waals surface area contributed by atoms with Gasteiger partial charge < -0.3 is 15.8 Å². The van der Waals surface area contributed by atoms with Gasteiger partial charge in [0.2, 0.25) is 5.91 Å². The number of hydrogen-bond acceptors (Lipinski definition) is 3. The van der Waals surface area contributed by atoms with E-state index < -0.39 is 30.8 Å². The van der Waals surface area contributed by atoms with Crippen LogP contribution in [0.4, 0.5) is 8.78 Å². The van der Waals surface area contributed by atoms with Crippen LogP contribution in [0.2, 0.25) is 0 Å². The Morgan fingerprint density at radius 2 is 2.22 bits per heavy atom. The largest absolute Gasteiger partial charge is 0.492 e. The zero-order valence-corrected chi connectivity index (χ0v) is 9.66. The lowest BCUT2D eigenvalue weighted by molar-refractivity contribution is -0.124. The summed E-state index contributed by atoms with van der Waals surface area (Å²) in [7, 11) is 0. The first-order chi connectivity index (χ1) is 8.53. The second-order valence-electron chi connectivity index (χ2n) is 4.18. The van der Waals surface area contributed by atoms with Gasteiger partial charge in [-0.2, -0.15) is 0 Å². The van der Waals surface area contributed by atoms with Gasteiger partial charge in [-0.05, 0) is 6.07 Å². The van der Waals surface area contributed by atoms with Crippen LogP contribution in [0.1, 0.15) is 11.5 Å². The molecule has 0 spiro atoms. The van der Waals surface area contributed by atoms with E-state index in [1.807, 2.05) is 0 Å². The lowest BCUT2D eigenvalue weighted by Crippen LogP contribution is -2.43. The van der Waals surface area contributed by atoms with E-state index in [1.165, 1.54) is 0 Å². The quantitative estimate of drug-likeness (QED) is 0.840. The number of rotatable bonds is 4. The van der Waals surface area contributed by atoms with E-state index in [2.05, 4.69) is 5.32 Å². The van der Waals surface area contributed by atoms with Crippen molar-refractivity contribution in [2.75, 3.05) is 19.7 Å². The van der Waals surface area contributed by atoms with E-state index >= 15 is 0 Å². The molecule has 98 valence electrons. The molecule has 1 aliphatic heterocycles. The number of benzene rings is 1. The van der Waals surface area contributed by atoms with Crippen LogP contribution in [0.5, 0.6) is 5.75 Å². The molecule has 2 rings (SSSR count). The summed E-state index contributed by atoms with van der Waals surface area (Å²) in [6, 6.07) is 7.08. The van der Waals surface area contributed by atoms with Gasteiger partial charge >= 0.3 is 0 Å². The highest BCUT2D eigenvalue weighted by molar-refractivity contribution is 5.85. The molecule has 6 heteroatoms. The maximum absolute atomic E-state index is 12.9. The van der Waals surface area contributed by atoms with Gasteiger partial charge in [-0.1, -0.05) is 18.2 Å². The molecule has 1 atom stereocenters. The van der Waals surface area contributed by atoms with Crippen LogP contribution in [-0.4, -0.2) is 31.5 Å². The highest BCUT2D eigenvalue weighted by Gasteiger charge is 2.33. The van der Waals surface area contributed by atoms with Crippen LogP contribution in [0.15, 0.2) is 24.3 Å². The first-order valence-electron chi connectivity index (χ1n) is 5.61. The molecule has 1 unspecified atom stereocenters. The van der Waals surface area contributed by atoms with Crippen LogP contribution in [-0.2, 0) is 4.79 Å². The predicted octanol–water partition coefficient (Wildman–Crippen LogP) is 0.873. The number of carbonyl (C=O) groups is 1. The Morgan fingerprint density at radius 1 is 1.50 bits per heavy atom. The standard InChI is InChI=1S/C12H14F2N2O2/c13-12(14,6-15)7-16-11(17)9-5-18-10-4-2-1-3-8(9)10/h1-4,9H,5-7,15H2,(H,16,17). The SMILES string of the molecule is NCC(F)(F)CNC(=O)C1COc2ccccc21. The molecule has 0 aromatic heterocycles. The Morgan fingerprint density at radius 3 is 2.94 bits per heavy atom. The number of nitrogens with two attached hydrogens (primary N) is 1. The molecular weight excluding hydrogens is 242 g/mol. The Hall–Kier alpha value is -1.69. The molecule has 0 bridgehead atoms. The van der Waals surface area contributed by atoms with Crippen molar-refractivity contribution in [2.45, 2.75) is 11.8 Å². The van der Waals surface area contributed by atoms with Crippen LogP contribution < -0.4 is 15.8 Å². The van der Waals surface area contributed by atoms with Crippen LogP contribution in [0, 0.1) is 0 Å². The van der Waals surface area contributed by atoms with E-state index in [-0.39, 0.29) is 6.61 Å². The Labute approximate surface area is 103 Å². The van der Waals surface area contributed by atoms with Crippen molar-refractivity contribution in [3.63, 3.8) is 0 Å². The van der Waals surface area contributed by atoms with Crippen molar-refractivity contribution in [3.05, 3.63) is 29.8 Å². The van der Waals surface area contributed by atoms with Gasteiger partial charge in [0, 0.05) is 5.56 Å². The third-order valence-corrected chi connectivity index (χ3v) is 2.84. The van der Waals surface area contributed by atoms with Gasteiger partial charge in [-0.25, -0.2) is 8.78 Å². The summed E-state index contributed by atoms with van der Waals surface area (Å²) in [5.41, 5.74) is 5.62. The molecule has 0 saturated carbocycles. The second kappa shape index (κ2) is 4.89. The van der Waals surface area contributed by atoms with E-state index in [1.54, 1.807) is 24.3 Å². The number of para-hydroxylation sites is 1. The average Bonchev–Trinajstić information content (AvgIpc) is 2.80. The number of hydrogen-bond donors (Lipinski definition) is 2. The summed E-state index contributed by atoms with van der Waals surface area (Å²) in [6.07, 6.45) is 0. The molecule has 1 aliphatic rings. The fraction of sp³-hybridized carbons (Fsp3) is 0.417. The van der Waals surface area contributed by atoms with Gasteiger partial charge in [-0.3, -0.25) is 4.79 Å². The third kappa shape index (κ3) is 2.59. The molecule has 0 aliphatic carbocycles. The molecular formula is C12H14F2N2O2. The molecule has 0 fully saturated rings. The average molecular weight is 256 g/mol. The fourth-order valence-electron chi connectivity index (χ4n) is 1.79. The fourth-order valence-corrected chi connectivity index (χ4v) is 1.79. The monoisotopic (exact) mass is 256 g/mol. The molecule has 3 N–H and O–H groups in total. The lowest BCUT2D eigenvalue weighted by Gasteiger charge is -2.16. The first-order valence-corrected chi connectivity index (χ1v) is 5.61. The van der Waals surface area contributed by atoms with Crippen molar-refractivity contribution in [3.8, 4) is 5.75 Å². The number of halogens is 2. The van der Waals surface area contributed by atoms with Crippen LogP contribution in [0.3, 0.4) is 0 Å². The molecule has 4 nitrogen and oxygen atoms in total. The van der Waals surface area contributed by atoms with Crippen molar-refractivity contribution in [1.82, 2.24) is 5.32 Å². The van der Waals surface area contributed by atoms with E-state index in [4.69, 9.17) is 10.5 Å². The molecule has 1 heterocycles. The summed E-state index contributed by atoms with van der Waals surface area (Å²) < 4.78 is 31.2. The number of fused-ring (bicyclic) bond motifs is 1. The van der Waals surface area contributed by atoms with Crippen molar-refractivity contribution >= 4 is 5.91 Å². The van der Waals surface area contributed by atoms with Gasteiger partial charge in [0.1, 0.15) is 18.3 Å². The molecule has 0 radical (unpaired) electrons. The number of alkyl halides is 2. The van der Waals surface area contributed by atoms with Crippen LogP contribution in [0.25, 0.3) is 0 Å². The Bertz CT molecular complexity index is 451. The smallest absolute Gasteiger partial charge is 0.277 e. The lowest BCUT2D eigenvalue weighted by atomic mass is 10.0. The second-order valence-corrected chi connectivity index (χ2v) is 4.18. The normalized spacial score (nSPS) is 18.1. The van der Waals surface area contributed by atoms with Gasteiger partial charge in [0.25, 0.3) is 5.92 Å². The van der Waals surface area contributed by atoms with Crippen molar-refractivity contribution in [1.29, 1.82) is 0 Å². The number of nitrogens with one attached hydrogen (secondary N) is 1. The molecule has 1 amide bonds. The zero-order valence-electron chi connectivity index (χ0n) is 9.66. The summed E-state index contributed by atoms with van der Waals surface area (Å²) in [5, 5.41) is 2.21. The number of carbonyl (C=O) groups excluding carboxylic acids is 1. The predicted molar refractivity (Wildman–Crippen MR) is 61.7 cm³/mol.